The number of ether oxygens (including phenoxy) is 2. The highest BCUT2D eigenvalue weighted by molar-refractivity contribution is 5.68. The summed E-state index contributed by atoms with van der Waals surface area (Å²) in [5.41, 5.74) is 0.822. The van der Waals surface area contributed by atoms with Gasteiger partial charge in [0.1, 0.15) is 17.3 Å². The van der Waals surface area contributed by atoms with Crippen molar-refractivity contribution < 1.29 is 35.8 Å². The minimum atomic E-state index is -4.86. The lowest BCUT2D eigenvalue weighted by Gasteiger charge is -2.16. The van der Waals surface area contributed by atoms with Crippen LogP contribution >= 0.6 is 0 Å². The zero-order chi connectivity index (χ0) is 24.9. The Bertz CT molecular complexity index is 1120. The van der Waals surface area contributed by atoms with E-state index >= 15 is 0 Å². The monoisotopic (exact) mass is 486 g/mol. The summed E-state index contributed by atoms with van der Waals surface area (Å²) in [5.74, 6) is -0.477. The second-order valence-corrected chi connectivity index (χ2v) is 7.19. The number of nitrogens with zero attached hydrogens (tertiary/aromatic N) is 2. The third-order valence-corrected chi connectivity index (χ3v) is 4.42. The number of nitrogens with one attached hydrogen (secondary N) is 2. The van der Waals surface area contributed by atoms with Crippen LogP contribution in [0.25, 0.3) is 11.3 Å². The van der Waals surface area contributed by atoms with E-state index in [2.05, 4.69) is 30.1 Å². The van der Waals surface area contributed by atoms with E-state index in [0.29, 0.717) is 5.56 Å². The van der Waals surface area contributed by atoms with Gasteiger partial charge in [-0.05, 0) is 37.6 Å². The van der Waals surface area contributed by atoms with Gasteiger partial charge in [-0.2, -0.15) is 4.98 Å². The van der Waals surface area contributed by atoms with Crippen LogP contribution in [0.3, 0.4) is 0 Å². The molecule has 0 aliphatic heterocycles. The van der Waals surface area contributed by atoms with Crippen LogP contribution in [0.2, 0.25) is 0 Å². The molecule has 1 heterocycles. The van der Waals surface area contributed by atoms with E-state index < -0.39 is 24.2 Å². The Labute approximate surface area is 190 Å². The number of aromatic nitrogens is 2. The number of hydrogen-bond acceptors (Lipinski definition) is 6. The van der Waals surface area contributed by atoms with Crippen LogP contribution in [0.5, 0.6) is 11.5 Å². The first-order chi connectivity index (χ1) is 15.9. The van der Waals surface area contributed by atoms with Crippen molar-refractivity contribution in [3.05, 3.63) is 54.6 Å². The molecule has 0 aliphatic carbocycles. The van der Waals surface area contributed by atoms with E-state index in [1.165, 1.54) is 30.3 Å². The zero-order valence-electron chi connectivity index (χ0n) is 18.0. The van der Waals surface area contributed by atoms with E-state index in [0.717, 1.165) is 24.6 Å². The summed E-state index contributed by atoms with van der Waals surface area (Å²) in [6, 6.07) is 11.8. The fourth-order valence-electron chi connectivity index (χ4n) is 2.82. The Morgan fingerprint density at radius 1 is 0.853 bits per heavy atom. The predicted octanol–water partition coefficient (Wildman–Crippen LogP) is 6.89. The van der Waals surface area contributed by atoms with Crippen molar-refractivity contribution in [2.45, 2.75) is 39.0 Å². The van der Waals surface area contributed by atoms with Gasteiger partial charge in [-0.1, -0.05) is 25.1 Å². The molecule has 2 N–H and O–H groups in total. The second-order valence-electron chi connectivity index (χ2n) is 7.19. The zero-order valence-corrected chi connectivity index (χ0v) is 18.0. The highest BCUT2D eigenvalue weighted by atomic mass is 19.4. The molecule has 3 aromatic rings. The van der Waals surface area contributed by atoms with Gasteiger partial charge in [-0.15, -0.1) is 26.3 Å². The van der Waals surface area contributed by atoms with E-state index in [1.807, 2.05) is 13.8 Å². The number of alkyl halides is 6. The van der Waals surface area contributed by atoms with Crippen LogP contribution in [0.15, 0.2) is 54.6 Å². The number of anilines is 3. The van der Waals surface area contributed by atoms with Gasteiger partial charge in [0, 0.05) is 29.4 Å². The first kappa shape index (κ1) is 24.9. The second kappa shape index (κ2) is 10.1. The molecule has 0 saturated carbocycles. The molecule has 0 amide bonds. The van der Waals surface area contributed by atoms with E-state index in [1.54, 1.807) is 6.07 Å². The molecule has 12 heteroatoms. The van der Waals surface area contributed by atoms with Gasteiger partial charge >= 0.3 is 12.7 Å². The molecule has 182 valence electrons. The lowest BCUT2D eigenvalue weighted by atomic mass is 10.1. The molecule has 34 heavy (non-hydrogen) atoms. The maximum absolute atomic E-state index is 12.6. The Morgan fingerprint density at radius 2 is 1.47 bits per heavy atom. The van der Waals surface area contributed by atoms with E-state index in [9.17, 15) is 26.3 Å². The molecular weight excluding hydrogens is 466 g/mol. The largest absolute Gasteiger partial charge is 0.573 e. The Kier molecular flexibility index (Phi) is 7.38. The SMILES string of the molecule is CC[C@H](C)Nc1nc(Nc2cccc(OC(F)(F)F)c2)cc(-c2cccc(OC(F)(F)F)c2)n1. The minimum absolute atomic E-state index is 0.0217. The minimum Gasteiger partial charge on any atom is -0.406 e. The van der Waals surface area contributed by atoms with Gasteiger partial charge in [0.05, 0.1) is 5.69 Å². The van der Waals surface area contributed by atoms with Crippen molar-refractivity contribution in [3.63, 3.8) is 0 Å². The molecule has 0 saturated heterocycles. The molecule has 0 aliphatic rings. The smallest absolute Gasteiger partial charge is 0.406 e. The third kappa shape index (κ3) is 7.71. The van der Waals surface area contributed by atoms with Crippen LogP contribution < -0.4 is 20.1 Å². The summed E-state index contributed by atoms with van der Waals surface area (Å²) in [5, 5.41) is 5.95. The van der Waals surface area contributed by atoms with Crippen LogP contribution in [-0.2, 0) is 0 Å². The quantitative estimate of drug-likeness (QED) is 0.338. The number of benzene rings is 2. The molecule has 0 spiro atoms. The van der Waals surface area contributed by atoms with Crippen molar-refractivity contribution in [1.82, 2.24) is 9.97 Å². The molecule has 1 atom stereocenters. The van der Waals surface area contributed by atoms with Crippen molar-refractivity contribution >= 4 is 17.5 Å². The molecule has 3 rings (SSSR count). The Hall–Kier alpha value is -3.70. The first-order valence-corrected chi connectivity index (χ1v) is 10.0. The average molecular weight is 486 g/mol. The number of halogens is 6. The molecule has 2 aromatic carbocycles. The van der Waals surface area contributed by atoms with Crippen LogP contribution in [0.4, 0.5) is 43.8 Å². The topological polar surface area (TPSA) is 68.3 Å². The van der Waals surface area contributed by atoms with Gasteiger partial charge in [0.25, 0.3) is 0 Å². The van der Waals surface area contributed by atoms with Gasteiger partial charge in [-0.3, -0.25) is 0 Å². The highest BCUT2D eigenvalue weighted by Crippen LogP contribution is 2.30. The van der Waals surface area contributed by atoms with Gasteiger partial charge in [0.15, 0.2) is 0 Å². The maximum atomic E-state index is 12.6. The summed E-state index contributed by atoms with van der Waals surface area (Å²) in [6.07, 6.45) is -8.97. The molecular formula is C22H20F6N4O2. The summed E-state index contributed by atoms with van der Waals surface area (Å²) >= 11 is 0. The number of rotatable bonds is 8. The van der Waals surface area contributed by atoms with Gasteiger partial charge in [0.2, 0.25) is 5.95 Å². The summed E-state index contributed by atoms with van der Waals surface area (Å²) in [4.78, 5) is 8.68. The van der Waals surface area contributed by atoms with Crippen LogP contribution in [0, 0.1) is 0 Å². The van der Waals surface area contributed by atoms with Crippen molar-refractivity contribution in [2.24, 2.45) is 0 Å². The first-order valence-electron chi connectivity index (χ1n) is 10.0. The average Bonchev–Trinajstić information content (AvgIpc) is 2.71. The molecule has 6 nitrogen and oxygen atoms in total. The molecule has 0 fully saturated rings. The fourth-order valence-corrected chi connectivity index (χ4v) is 2.82. The van der Waals surface area contributed by atoms with E-state index in [-0.39, 0.29) is 29.2 Å². The third-order valence-electron chi connectivity index (χ3n) is 4.42. The van der Waals surface area contributed by atoms with Gasteiger partial charge in [-0.25, -0.2) is 4.98 Å². The van der Waals surface area contributed by atoms with Crippen molar-refractivity contribution in [3.8, 4) is 22.8 Å². The summed E-state index contributed by atoms with van der Waals surface area (Å²) in [7, 11) is 0. The molecule has 0 radical (unpaired) electrons. The number of hydrogen-bond donors (Lipinski definition) is 2. The molecule has 1 aromatic heterocycles. The fraction of sp³-hybridized carbons (Fsp3) is 0.273. The maximum Gasteiger partial charge on any atom is 0.573 e. The summed E-state index contributed by atoms with van der Waals surface area (Å²) < 4.78 is 83.3. The Balaban J connectivity index is 1.96. The molecule has 0 bridgehead atoms. The lowest BCUT2D eigenvalue weighted by molar-refractivity contribution is -0.275. The normalized spacial score (nSPS) is 12.7. The molecule has 0 unspecified atom stereocenters. The van der Waals surface area contributed by atoms with Crippen molar-refractivity contribution in [2.75, 3.05) is 10.6 Å². The summed E-state index contributed by atoms with van der Waals surface area (Å²) in [6.45, 7) is 3.82. The van der Waals surface area contributed by atoms with E-state index in [4.69, 9.17) is 0 Å². The van der Waals surface area contributed by atoms with Gasteiger partial charge < -0.3 is 20.1 Å². The highest BCUT2D eigenvalue weighted by Gasteiger charge is 2.32. The van der Waals surface area contributed by atoms with Crippen LogP contribution in [0.1, 0.15) is 20.3 Å². The lowest BCUT2D eigenvalue weighted by Crippen LogP contribution is -2.17. The standard InChI is InChI=1S/C22H20F6N4O2/c1-3-13(2)29-20-31-18(14-6-4-8-16(10-14)33-21(23,24)25)12-19(32-20)30-15-7-5-9-17(11-15)34-22(26,27)28/h4-13H,3H2,1-2H3,(H2,29,30,31,32)/t13-/m0/s1. The van der Waals surface area contributed by atoms with Crippen molar-refractivity contribution in [1.29, 1.82) is 0 Å². The predicted molar refractivity (Wildman–Crippen MR) is 114 cm³/mol. The van der Waals surface area contributed by atoms with Crippen LogP contribution in [-0.4, -0.2) is 28.7 Å². The Morgan fingerprint density at radius 3 is 2.09 bits per heavy atom.